The molecule has 0 bridgehead atoms. The van der Waals surface area contributed by atoms with E-state index in [1.165, 1.54) is 11.1 Å². The molecule has 0 aliphatic carbocycles. The summed E-state index contributed by atoms with van der Waals surface area (Å²) in [7, 11) is 0. The van der Waals surface area contributed by atoms with Gasteiger partial charge in [-0.15, -0.1) is 0 Å². The summed E-state index contributed by atoms with van der Waals surface area (Å²) in [4.78, 5) is 30.8. The second-order valence-electron chi connectivity index (χ2n) is 9.90. The maximum atomic E-state index is 12.7. The molecule has 3 heterocycles. The molecule has 1 fully saturated rings. The molecule has 9 nitrogen and oxygen atoms in total. The van der Waals surface area contributed by atoms with Gasteiger partial charge in [0.25, 0.3) is 5.91 Å². The number of piperidine rings is 1. The van der Waals surface area contributed by atoms with Crippen LogP contribution >= 0.6 is 0 Å². The van der Waals surface area contributed by atoms with E-state index in [4.69, 9.17) is 9.47 Å². The van der Waals surface area contributed by atoms with Gasteiger partial charge >= 0.3 is 6.09 Å². The van der Waals surface area contributed by atoms with E-state index in [0.29, 0.717) is 62.9 Å². The largest absolute Gasteiger partial charge is 0.474 e. The molecule has 2 aliphatic rings. The summed E-state index contributed by atoms with van der Waals surface area (Å²) in [5.41, 5.74) is 2.88. The highest BCUT2D eigenvalue weighted by Gasteiger charge is 2.26. The Balaban J connectivity index is 1.23. The number of rotatable bonds is 8. The van der Waals surface area contributed by atoms with E-state index < -0.39 is 6.10 Å². The number of likely N-dealkylation sites (tertiary alicyclic amines) is 1. The number of aromatic nitrogens is 1. The molecule has 4 rings (SSSR count). The summed E-state index contributed by atoms with van der Waals surface area (Å²) in [6.45, 7) is 6.38. The number of nitrogens with one attached hydrogen (secondary N) is 2. The van der Waals surface area contributed by atoms with Crippen molar-refractivity contribution in [2.24, 2.45) is 5.92 Å². The minimum Gasteiger partial charge on any atom is -0.474 e. The normalized spacial score (nSPS) is 18.9. The number of carbonyl (C=O) groups excluding carboxylic acids is 2. The third-order valence-corrected chi connectivity index (χ3v) is 6.57. The summed E-state index contributed by atoms with van der Waals surface area (Å²) >= 11 is 0. The Morgan fingerprint density at radius 2 is 1.94 bits per heavy atom. The number of fused-ring (bicyclic) bond motifs is 1. The molecule has 2 aliphatic heterocycles. The average molecular weight is 497 g/mol. The van der Waals surface area contributed by atoms with E-state index in [0.717, 1.165) is 0 Å². The van der Waals surface area contributed by atoms with Crippen molar-refractivity contribution in [1.29, 1.82) is 0 Å². The Morgan fingerprint density at radius 1 is 1.19 bits per heavy atom. The lowest BCUT2D eigenvalue weighted by Crippen LogP contribution is -2.49. The molecule has 0 saturated carbocycles. The second kappa shape index (κ2) is 12.2. The number of amides is 2. The van der Waals surface area contributed by atoms with Crippen LogP contribution in [-0.2, 0) is 17.7 Å². The Labute approximate surface area is 212 Å². The molecule has 3 N–H and O–H groups in total. The van der Waals surface area contributed by atoms with Gasteiger partial charge in [-0.3, -0.25) is 4.79 Å². The van der Waals surface area contributed by atoms with Crippen LogP contribution in [-0.4, -0.2) is 71.5 Å². The maximum Gasteiger partial charge on any atom is 0.409 e. The van der Waals surface area contributed by atoms with Crippen molar-refractivity contribution in [2.75, 3.05) is 26.2 Å². The fourth-order valence-corrected chi connectivity index (χ4v) is 4.46. The van der Waals surface area contributed by atoms with Crippen molar-refractivity contribution in [3.63, 3.8) is 0 Å². The topological polar surface area (TPSA) is 113 Å². The number of hydrogen-bond acceptors (Lipinski definition) is 7. The van der Waals surface area contributed by atoms with Crippen molar-refractivity contribution >= 4 is 12.0 Å². The number of carbonyl (C=O) groups is 2. The van der Waals surface area contributed by atoms with Gasteiger partial charge < -0.3 is 30.1 Å². The van der Waals surface area contributed by atoms with Crippen LogP contribution in [0.1, 0.15) is 48.2 Å². The molecular formula is C27H36N4O5. The SMILES string of the molecule is CC(C)COC(=O)N1CCC(Oc2cc(C(=O)NCC(O)[C@@H]3Cc4ccccc4CN3)ccn2)CC1. The first-order valence-corrected chi connectivity index (χ1v) is 12.7. The van der Waals surface area contributed by atoms with Gasteiger partial charge in [-0.2, -0.15) is 0 Å². The Hall–Kier alpha value is -3.17. The number of pyridine rings is 1. The molecule has 2 aromatic rings. The van der Waals surface area contributed by atoms with Gasteiger partial charge in [-0.1, -0.05) is 38.1 Å². The van der Waals surface area contributed by atoms with Gasteiger partial charge in [-0.25, -0.2) is 9.78 Å². The highest BCUT2D eigenvalue weighted by atomic mass is 16.6. The summed E-state index contributed by atoms with van der Waals surface area (Å²) in [5, 5.41) is 16.8. The van der Waals surface area contributed by atoms with Gasteiger partial charge in [0.1, 0.15) is 6.10 Å². The summed E-state index contributed by atoms with van der Waals surface area (Å²) < 4.78 is 11.3. The average Bonchev–Trinajstić information content (AvgIpc) is 2.90. The number of hydrogen-bond donors (Lipinski definition) is 3. The lowest BCUT2D eigenvalue weighted by Gasteiger charge is -2.31. The molecule has 0 spiro atoms. The molecule has 36 heavy (non-hydrogen) atoms. The van der Waals surface area contributed by atoms with Gasteiger partial charge in [0.2, 0.25) is 5.88 Å². The van der Waals surface area contributed by atoms with Crippen LogP contribution in [0.25, 0.3) is 0 Å². The van der Waals surface area contributed by atoms with Crippen molar-refractivity contribution in [3.05, 3.63) is 59.3 Å². The summed E-state index contributed by atoms with van der Waals surface area (Å²) in [5.74, 6) is 0.380. The molecule has 1 unspecified atom stereocenters. The van der Waals surface area contributed by atoms with Crippen molar-refractivity contribution in [3.8, 4) is 5.88 Å². The van der Waals surface area contributed by atoms with Crippen LogP contribution in [0.15, 0.2) is 42.6 Å². The van der Waals surface area contributed by atoms with Gasteiger partial charge in [-0.05, 0) is 29.5 Å². The van der Waals surface area contributed by atoms with Gasteiger partial charge in [0.05, 0.1) is 12.7 Å². The number of aliphatic hydroxyl groups is 1. The lowest BCUT2D eigenvalue weighted by molar-refractivity contribution is 0.0605. The van der Waals surface area contributed by atoms with Crippen LogP contribution in [0.2, 0.25) is 0 Å². The highest BCUT2D eigenvalue weighted by Crippen LogP contribution is 2.20. The maximum absolute atomic E-state index is 12.7. The molecule has 9 heteroatoms. The number of ether oxygens (including phenoxy) is 2. The Morgan fingerprint density at radius 3 is 2.69 bits per heavy atom. The zero-order valence-electron chi connectivity index (χ0n) is 21.0. The smallest absolute Gasteiger partial charge is 0.409 e. The van der Waals surface area contributed by atoms with E-state index in [2.05, 4.69) is 27.8 Å². The van der Waals surface area contributed by atoms with Crippen LogP contribution in [0, 0.1) is 5.92 Å². The van der Waals surface area contributed by atoms with Gasteiger partial charge in [0, 0.05) is 62.9 Å². The van der Waals surface area contributed by atoms with Crippen molar-refractivity contribution < 1.29 is 24.2 Å². The minimum atomic E-state index is -0.711. The minimum absolute atomic E-state index is 0.0907. The van der Waals surface area contributed by atoms with E-state index in [-0.39, 0.29) is 30.7 Å². The molecule has 2 amide bonds. The van der Waals surface area contributed by atoms with Crippen molar-refractivity contribution in [2.45, 2.75) is 57.9 Å². The zero-order valence-corrected chi connectivity index (χ0v) is 21.0. The monoisotopic (exact) mass is 496 g/mol. The molecule has 194 valence electrons. The van der Waals surface area contributed by atoms with E-state index >= 15 is 0 Å². The summed E-state index contributed by atoms with van der Waals surface area (Å²) in [6.07, 6.45) is 2.50. The predicted molar refractivity (Wildman–Crippen MR) is 135 cm³/mol. The lowest BCUT2D eigenvalue weighted by atomic mass is 9.93. The van der Waals surface area contributed by atoms with Crippen LogP contribution in [0.3, 0.4) is 0 Å². The van der Waals surface area contributed by atoms with E-state index in [1.807, 2.05) is 26.0 Å². The fourth-order valence-electron chi connectivity index (χ4n) is 4.46. The van der Waals surface area contributed by atoms with E-state index in [9.17, 15) is 14.7 Å². The molecular weight excluding hydrogens is 460 g/mol. The van der Waals surface area contributed by atoms with Crippen LogP contribution in [0.5, 0.6) is 5.88 Å². The first-order chi connectivity index (χ1) is 17.4. The quantitative estimate of drug-likeness (QED) is 0.515. The third-order valence-electron chi connectivity index (χ3n) is 6.57. The second-order valence-corrected chi connectivity index (χ2v) is 9.90. The predicted octanol–water partition coefficient (Wildman–Crippen LogP) is 2.52. The third kappa shape index (κ3) is 6.95. The zero-order chi connectivity index (χ0) is 25.5. The van der Waals surface area contributed by atoms with E-state index in [1.54, 1.807) is 23.2 Å². The highest BCUT2D eigenvalue weighted by molar-refractivity contribution is 5.94. The molecule has 1 saturated heterocycles. The molecule has 0 radical (unpaired) electrons. The van der Waals surface area contributed by atoms with Crippen LogP contribution < -0.4 is 15.4 Å². The van der Waals surface area contributed by atoms with Gasteiger partial charge in [0.15, 0.2) is 0 Å². The van der Waals surface area contributed by atoms with Crippen LogP contribution in [0.4, 0.5) is 4.79 Å². The Bertz CT molecular complexity index is 1040. The molecule has 1 aromatic carbocycles. The number of nitrogens with zero attached hydrogens (tertiary/aromatic N) is 2. The summed E-state index contributed by atoms with van der Waals surface area (Å²) in [6, 6.07) is 11.3. The molecule has 2 atom stereocenters. The number of benzene rings is 1. The molecule has 1 aromatic heterocycles. The number of aliphatic hydroxyl groups excluding tert-OH is 1. The Kier molecular flexibility index (Phi) is 8.77. The fraction of sp³-hybridized carbons (Fsp3) is 0.519. The first-order valence-electron chi connectivity index (χ1n) is 12.7. The van der Waals surface area contributed by atoms with Crippen molar-refractivity contribution in [1.82, 2.24) is 20.5 Å². The first kappa shape index (κ1) is 25.9. The standard InChI is InChI=1S/C27H36N4O5/c1-18(2)17-35-27(34)31-11-8-22(9-12-31)36-25-14-20(7-10-28-25)26(33)30-16-24(32)23-13-19-5-3-4-6-21(19)15-29-23/h3-7,10,14,18,22-24,29,32H,8-9,11-13,15-17H2,1-2H3,(H,30,33)/t23-,24?/m0/s1.